The van der Waals surface area contributed by atoms with Crippen LogP contribution in [0.2, 0.25) is 0 Å². The maximum absolute atomic E-state index is 12.0. The van der Waals surface area contributed by atoms with Gasteiger partial charge < -0.3 is 10.2 Å². The molecule has 0 aliphatic carbocycles. The average molecular weight is 394 g/mol. The van der Waals surface area contributed by atoms with Gasteiger partial charge in [-0.1, -0.05) is 6.07 Å². The second kappa shape index (κ2) is 8.20. The predicted octanol–water partition coefficient (Wildman–Crippen LogP) is 2.40. The van der Waals surface area contributed by atoms with Crippen LogP contribution in [0.3, 0.4) is 0 Å². The minimum atomic E-state index is -3.11. The second-order valence-electron chi connectivity index (χ2n) is 6.14. The fraction of sp³-hybridized carbons (Fsp3) is 0.389. The van der Waals surface area contributed by atoms with E-state index in [9.17, 15) is 13.2 Å². The Bertz CT molecular complexity index is 825. The van der Waals surface area contributed by atoms with Crippen molar-refractivity contribution in [1.29, 1.82) is 0 Å². The highest BCUT2D eigenvalue weighted by Crippen LogP contribution is 2.21. The van der Waals surface area contributed by atoms with Crippen LogP contribution >= 0.6 is 11.3 Å². The third-order valence-corrected chi connectivity index (χ3v) is 7.19. The summed E-state index contributed by atoms with van der Waals surface area (Å²) in [5.41, 5.74) is 1.80. The Kier molecular flexibility index (Phi) is 5.95. The summed E-state index contributed by atoms with van der Waals surface area (Å²) in [5.74, 6) is 0.117. The van der Waals surface area contributed by atoms with Crippen LogP contribution in [0.1, 0.15) is 11.8 Å². The van der Waals surface area contributed by atoms with Gasteiger partial charge in [0.1, 0.15) is 0 Å². The number of carbonyl (C=O) groups excluding carboxylic acids is 1. The zero-order valence-corrected chi connectivity index (χ0v) is 16.4. The summed E-state index contributed by atoms with van der Waals surface area (Å²) in [4.78, 5) is 15.3. The number of nitrogens with one attached hydrogen (secondary N) is 1. The SMILES string of the molecule is CCS(=O)(=O)N1CCN(c2ccc(NC(=O)Cc3cccs3)cc2)CC1. The molecule has 3 rings (SSSR count). The lowest BCUT2D eigenvalue weighted by atomic mass is 10.2. The number of thiophene rings is 1. The van der Waals surface area contributed by atoms with Crippen molar-refractivity contribution in [3.63, 3.8) is 0 Å². The summed E-state index contributed by atoms with van der Waals surface area (Å²) in [7, 11) is -3.11. The third-order valence-electron chi connectivity index (χ3n) is 4.43. The molecule has 26 heavy (non-hydrogen) atoms. The lowest BCUT2D eigenvalue weighted by Gasteiger charge is -2.35. The van der Waals surface area contributed by atoms with E-state index in [1.165, 1.54) is 0 Å². The monoisotopic (exact) mass is 393 g/mol. The lowest BCUT2D eigenvalue weighted by Crippen LogP contribution is -2.49. The van der Waals surface area contributed by atoms with Crippen molar-refractivity contribution in [2.45, 2.75) is 13.3 Å². The molecule has 0 spiro atoms. The Morgan fingerprint density at radius 1 is 1.12 bits per heavy atom. The average Bonchev–Trinajstić information content (AvgIpc) is 3.15. The molecule has 0 radical (unpaired) electrons. The van der Waals surface area contributed by atoms with Gasteiger partial charge in [-0.3, -0.25) is 4.79 Å². The van der Waals surface area contributed by atoms with Gasteiger partial charge in [-0.05, 0) is 42.6 Å². The highest BCUT2D eigenvalue weighted by atomic mass is 32.2. The van der Waals surface area contributed by atoms with Crippen LogP contribution in [-0.4, -0.2) is 50.6 Å². The number of hydrogen-bond donors (Lipinski definition) is 1. The lowest BCUT2D eigenvalue weighted by molar-refractivity contribution is -0.115. The smallest absolute Gasteiger partial charge is 0.229 e. The van der Waals surface area contributed by atoms with Crippen molar-refractivity contribution >= 4 is 38.6 Å². The molecule has 1 fully saturated rings. The van der Waals surface area contributed by atoms with E-state index in [1.807, 2.05) is 41.8 Å². The van der Waals surface area contributed by atoms with Gasteiger partial charge in [0.25, 0.3) is 0 Å². The standard InChI is InChI=1S/C18H23N3O3S2/c1-2-26(23,24)21-11-9-20(10-12-21)16-7-5-15(6-8-16)19-18(22)14-17-4-3-13-25-17/h3-8,13H,2,9-12,14H2,1H3,(H,19,22). The number of rotatable bonds is 6. The number of benzene rings is 1. The zero-order valence-electron chi connectivity index (χ0n) is 14.7. The molecule has 1 amide bonds. The molecular weight excluding hydrogens is 370 g/mol. The summed E-state index contributed by atoms with van der Waals surface area (Å²) in [6.07, 6.45) is 0.382. The first-order valence-corrected chi connectivity index (χ1v) is 11.1. The molecule has 0 atom stereocenters. The Morgan fingerprint density at radius 3 is 2.38 bits per heavy atom. The molecule has 140 valence electrons. The van der Waals surface area contributed by atoms with Crippen molar-refractivity contribution in [2.75, 3.05) is 42.1 Å². The number of amides is 1. The largest absolute Gasteiger partial charge is 0.369 e. The highest BCUT2D eigenvalue weighted by molar-refractivity contribution is 7.89. The normalized spacial score (nSPS) is 15.8. The number of carbonyl (C=O) groups is 1. The van der Waals surface area contributed by atoms with E-state index in [1.54, 1.807) is 22.6 Å². The van der Waals surface area contributed by atoms with Gasteiger partial charge in [-0.15, -0.1) is 11.3 Å². The van der Waals surface area contributed by atoms with Crippen molar-refractivity contribution in [1.82, 2.24) is 4.31 Å². The molecule has 1 aliphatic heterocycles. The van der Waals surface area contributed by atoms with E-state index in [4.69, 9.17) is 0 Å². The number of hydrogen-bond acceptors (Lipinski definition) is 5. The maximum Gasteiger partial charge on any atom is 0.229 e. The van der Waals surface area contributed by atoms with Crippen LogP contribution in [-0.2, 0) is 21.2 Å². The van der Waals surface area contributed by atoms with Crippen LogP contribution in [0.5, 0.6) is 0 Å². The van der Waals surface area contributed by atoms with E-state index in [-0.39, 0.29) is 11.7 Å². The molecule has 0 unspecified atom stereocenters. The quantitative estimate of drug-likeness (QED) is 0.818. The Morgan fingerprint density at radius 2 is 1.81 bits per heavy atom. The fourth-order valence-corrected chi connectivity index (χ4v) is 4.73. The van der Waals surface area contributed by atoms with Gasteiger partial charge in [0.05, 0.1) is 12.2 Å². The van der Waals surface area contributed by atoms with Gasteiger partial charge >= 0.3 is 0 Å². The molecule has 1 aromatic heterocycles. The van der Waals surface area contributed by atoms with Crippen LogP contribution in [0.4, 0.5) is 11.4 Å². The summed E-state index contributed by atoms with van der Waals surface area (Å²) in [6.45, 7) is 4.03. The van der Waals surface area contributed by atoms with E-state index >= 15 is 0 Å². The molecule has 2 aromatic rings. The van der Waals surface area contributed by atoms with Crippen molar-refractivity contribution < 1.29 is 13.2 Å². The molecular formula is C18H23N3O3S2. The van der Waals surface area contributed by atoms with E-state index in [0.29, 0.717) is 32.6 Å². The van der Waals surface area contributed by atoms with E-state index < -0.39 is 10.0 Å². The maximum atomic E-state index is 12.0. The molecule has 1 N–H and O–H groups in total. The van der Waals surface area contributed by atoms with Gasteiger partial charge in [-0.2, -0.15) is 4.31 Å². The Balaban J connectivity index is 1.54. The van der Waals surface area contributed by atoms with E-state index in [0.717, 1.165) is 16.3 Å². The molecule has 6 nitrogen and oxygen atoms in total. The molecule has 0 saturated carbocycles. The topological polar surface area (TPSA) is 69.7 Å². The molecule has 1 saturated heterocycles. The number of nitrogens with zero attached hydrogens (tertiary/aromatic N) is 2. The van der Waals surface area contributed by atoms with Crippen LogP contribution in [0.25, 0.3) is 0 Å². The number of anilines is 2. The summed E-state index contributed by atoms with van der Waals surface area (Å²) in [5, 5.41) is 4.87. The first kappa shape index (κ1) is 18.9. The predicted molar refractivity (Wildman–Crippen MR) is 106 cm³/mol. The van der Waals surface area contributed by atoms with Crippen molar-refractivity contribution in [3.8, 4) is 0 Å². The molecule has 8 heteroatoms. The second-order valence-corrected chi connectivity index (χ2v) is 9.43. The summed E-state index contributed by atoms with van der Waals surface area (Å²) >= 11 is 1.57. The molecule has 1 aliphatic rings. The van der Waals surface area contributed by atoms with Gasteiger partial charge in [0, 0.05) is 42.4 Å². The molecule has 0 bridgehead atoms. The van der Waals surface area contributed by atoms with Crippen LogP contribution < -0.4 is 10.2 Å². The first-order chi connectivity index (χ1) is 12.5. The minimum Gasteiger partial charge on any atom is -0.369 e. The van der Waals surface area contributed by atoms with Gasteiger partial charge in [-0.25, -0.2) is 8.42 Å². The summed E-state index contributed by atoms with van der Waals surface area (Å²) in [6, 6.07) is 11.6. The Hall–Kier alpha value is -1.90. The summed E-state index contributed by atoms with van der Waals surface area (Å²) < 4.78 is 25.4. The third kappa shape index (κ3) is 4.63. The number of piperazine rings is 1. The zero-order chi connectivity index (χ0) is 18.6. The number of sulfonamides is 1. The molecule has 2 heterocycles. The molecule has 1 aromatic carbocycles. The Labute approximate surface area is 158 Å². The minimum absolute atomic E-state index is 0.0291. The van der Waals surface area contributed by atoms with Crippen LogP contribution in [0.15, 0.2) is 41.8 Å². The van der Waals surface area contributed by atoms with Gasteiger partial charge in [0.2, 0.25) is 15.9 Å². The van der Waals surface area contributed by atoms with Gasteiger partial charge in [0.15, 0.2) is 0 Å². The van der Waals surface area contributed by atoms with Crippen LogP contribution in [0, 0.1) is 0 Å². The van der Waals surface area contributed by atoms with Crippen molar-refractivity contribution in [3.05, 3.63) is 46.7 Å². The highest BCUT2D eigenvalue weighted by Gasteiger charge is 2.25. The first-order valence-electron chi connectivity index (χ1n) is 8.63. The van der Waals surface area contributed by atoms with E-state index in [2.05, 4.69) is 10.2 Å². The van der Waals surface area contributed by atoms with Crippen molar-refractivity contribution in [2.24, 2.45) is 0 Å². The fourth-order valence-electron chi connectivity index (χ4n) is 2.94.